The fourth-order valence-electron chi connectivity index (χ4n) is 2.73. The van der Waals surface area contributed by atoms with E-state index in [4.69, 9.17) is 16.3 Å². The van der Waals surface area contributed by atoms with E-state index >= 15 is 0 Å². The van der Waals surface area contributed by atoms with Crippen LogP contribution >= 0.6 is 23.4 Å². The van der Waals surface area contributed by atoms with E-state index in [2.05, 4.69) is 5.32 Å². The Morgan fingerprint density at radius 3 is 2.45 bits per heavy atom. The predicted octanol–water partition coefficient (Wildman–Crippen LogP) is 3.72. The first-order valence-electron chi connectivity index (χ1n) is 8.93. The number of benzene rings is 2. The molecular formula is C20H25ClN2O4S2. The van der Waals surface area contributed by atoms with E-state index < -0.39 is 16.1 Å². The lowest BCUT2D eigenvalue weighted by atomic mass is 10.2. The fraction of sp³-hybridized carbons (Fsp3) is 0.350. The standard InChI is InChI=1S/C20H25ClN2O4S2/c1-14-5-8-17(9-6-14)28-12-11-22-20(24)15(2)23(29(4,25)26)16-7-10-19(27-3)18(21)13-16/h5-10,13,15H,11-12H2,1-4H3,(H,22,24)/t15-/m0/s1. The molecule has 0 aliphatic carbocycles. The van der Waals surface area contributed by atoms with Gasteiger partial charge in [0.2, 0.25) is 15.9 Å². The molecule has 6 nitrogen and oxygen atoms in total. The first-order valence-corrected chi connectivity index (χ1v) is 12.1. The summed E-state index contributed by atoms with van der Waals surface area (Å²) < 4.78 is 30.9. The molecule has 0 spiro atoms. The Balaban J connectivity index is 2.03. The highest BCUT2D eigenvalue weighted by atomic mass is 35.5. The number of nitrogens with one attached hydrogen (secondary N) is 1. The van der Waals surface area contributed by atoms with Crippen molar-refractivity contribution in [3.63, 3.8) is 0 Å². The monoisotopic (exact) mass is 456 g/mol. The third-order valence-electron chi connectivity index (χ3n) is 4.17. The van der Waals surface area contributed by atoms with Crippen molar-refractivity contribution in [2.75, 3.05) is 30.0 Å². The second kappa shape index (κ2) is 10.2. The zero-order valence-electron chi connectivity index (χ0n) is 16.8. The minimum atomic E-state index is -3.71. The molecule has 158 valence electrons. The van der Waals surface area contributed by atoms with Crippen molar-refractivity contribution in [2.24, 2.45) is 0 Å². The van der Waals surface area contributed by atoms with Crippen LogP contribution in [0.5, 0.6) is 5.75 Å². The number of aryl methyl sites for hydroxylation is 1. The van der Waals surface area contributed by atoms with Crippen LogP contribution in [-0.4, -0.2) is 46.0 Å². The van der Waals surface area contributed by atoms with E-state index in [9.17, 15) is 13.2 Å². The summed E-state index contributed by atoms with van der Waals surface area (Å²) in [4.78, 5) is 13.7. The zero-order valence-corrected chi connectivity index (χ0v) is 19.2. The quantitative estimate of drug-likeness (QED) is 0.459. The van der Waals surface area contributed by atoms with Crippen molar-refractivity contribution in [1.29, 1.82) is 0 Å². The van der Waals surface area contributed by atoms with Gasteiger partial charge in [0.05, 0.1) is 24.1 Å². The maximum absolute atomic E-state index is 12.6. The van der Waals surface area contributed by atoms with E-state index in [-0.39, 0.29) is 10.9 Å². The minimum absolute atomic E-state index is 0.265. The van der Waals surface area contributed by atoms with E-state index in [0.717, 1.165) is 15.5 Å². The number of thioether (sulfide) groups is 1. The van der Waals surface area contributed by atoms with Crippen molar-refractivity contribution in [1.82, 2.24) is 5.32 Å². The van der Waals surface area contributed by atoms with E-state index in [1.807, 2.05) is 31.2 Å². The van der Waals surface area contributed by atoms with Gasteiger partial charge in [-0.1, -0.05) is 29.3 Å². The van der Waals surface area contributed by atoms with E-state index in [1.54, 1.807) is 30.8 Å². The number of hydrogen-bond donors (Lipinski definition) is 1. The lowest BCUT2D eigenvalue weighted by Gasteiger charge is -2.28. The average molecular weight is 457 g/mol. The fourth-order valence-corrected chi connectivity index (χ4v) is 4.91. The number of rotatable bonds is 9. The zero-order chi connectivity index (χ0) is 21.6. The van der Waals surface area contributed by atoms with Crippen molar-refractivity contribution >= 4 is 45.0 Å². The van der Waals surface area contributed by atoms with Crippen molar-refractivity contribution in [2.45, 2.75) is 24.8 Å². The number of carbonyl (C=O) groups excluding carboxylic acids is 1. The summed E-state index contributed by atoms with van der Waals surface area (Å²) in [7, 11) is -2.24. The number of methoxy groups -OCH3 is 1. The van der Waals surface area contributed by atoms with Crippen LogP contribution < -0.4 is 14.4 Å². The molecule has 0 aliphatic rings. The summed E-state index contributed by atoms with van der Waals surface area (Å²) in [5.74, 6) is 0.718. The molecule has 0 fully saturated rings. The molecule has 0 bridgehead atoms. The van der Waals surface area contributed by atoms with E-state index in [1.165, 1.54) is 18.7 Å². The number of sulfonamides is 1. The average Bonchev–Trinajstić information content (AvgIpc) is 2.65. The van der Waals surface area contributed by atoms with Crippen LogP contribution in [0.3, 0.4) is 0 Å². The van der Waals surface area contributed by atoms with E-state index in [0.29, 0.717) is 23.7 Å². The summed E-state index contributed by atoms with van der Waals surface area (Å²) in [6.45, 7) is 3.99. The normalized spacial score (nSPS) is 12.3. The number of amides is 1. The van der Waals surface area contributed by atoms with Crippen molar-refractivity contribution < 1.29 is 17.9 Å². The molecule has 2 rings (SSSR count). The summed E-state index contributed by atoms with van der Waals surface area (Å²) in [6.07, 6.45) is 1.06. The molecule has 0 aliphatic heterocycles. The molecule has 9 heteroatoms. The van der Waals surface area contributed by atoms with Gasteiger partial charge in [0.15, 0.2) is 0 Å². The third-order valence-corrected chi connectivity index (χ3v) is 6.72. The summed E-state index contributed by atoms with van der Waals surface area (Å²) >= 11 is 7.75. The van der Waals surface area contributed by atoms with Gasteiger partial charge in [-0.2, -0.15) is 0 Å². The van der Waals surface area contributed by atoms with Crippen LogP contribution in [-0.2, 0) is 14.8 Å². The smallest absolute Gasteiger partial charge is 0.243 e. The van der Waals surface area contributed by atoms with Crippen LogP contribution in [0.1, 0.15) is 12.5 Å². The molecule has 1 atom stereocenters. The predicted molar refractivity (Wildman–Crippen MR) is 120 cm³/mol. The van der Waals surface area contributed by atoms with Gasteiger partial charge < -0.3 is 10.1 Å². The summed E-state index contributed by atoms with van der Waals surface area (Å²) in [5, 5.41) is 3.06. The number of halogens is 1. The van der Waals surface area contributed by atoms with Gasteiger partial charge in [0, 0.05) is 17.2 Å². The topological polar surface area (TPSA) is 75.7 Å². The highest BCUT2D eigenvalue weighted by molar-refractivity contribution is 7.99. The first kappa shape index (κ1) is 23.4. The second-order valence-electron chi connectivity index (χ2n) is 6.51. The molecule has 1 N–H and O–H groups in total. The number of carbonyl (C=O) groups is 1. The van der Waals surface area contributed by atoms with Gasteiger partial charge in [0.25, 0.3) is 0 Å². The molecule has 29 heavy (non-hydrogen) atoms. The molecule has 0 saturated carbocycles. The minimum Gasteiger partial charge on any atom is -0.495 e. The molecule has 0 saturated heterocycles. The van der Waals surface area contributed by atoms with Crippen molar-refractivity contribution in [3.8, 4) is 5.75 Å². The van der Waals surface area contributed by atoms with Crippen molar-refractivity contribution in [3.05, 3.63) is 53.1 Å². The Kier molecular flexibility index (Phi) is 8.24. The van der Waals surface area contributed by atoms with Crippen LogP contribution in [0.15, 0.2) is 47.4 Å². The highest BCUT2D eigenvalue weighted by Gasteiger charge is 2.29. The SMILES string of the molecule is COc1ccc(N([C@@H](C)C(=O)NCCSc2ccc(C)cc2)S(C)(=O)=O)cc1Cl. The van der Waals surface area contributed by atoms with Gasteiger partial charge in [-0.25, -0.2) is 8.42 Å². The van der Waals surface area contributed by atoms with Crippen LogP contribution in [0.25, 0.3) is 0 Å². The Morgan fingerprint density at radius 2 is 1.90 bits per heavy atom. The van der Waals surface area contributed by atoms with Gasteiger partial charge in [-0.05, 0) is 44.2 Å². The molecule has 0 radical (unpaired) electrons. The molecule has 2 aromatic rings. The van der Waals surface area contributed by atoms with Gasteiger partial charge in [-0.3, -0.25) is 9.10 Å². The molecule has 0 unspecified atom stereocenters. The Morgan fingerprint density at radius 1 is 1.24 bits per heavy atom. The van der Waals surface area contributed by atoms with Gasteiger partial charge in [-0.15, -0.1) is 11.8 Å². The lowest BCUT2D eigenvalue weighted by molar-refractivity contribution is -0.121. The molecule has 2 aromatic carbocycles. The van der Waals surface area contributed by atoms with Gasteiger partial charge >= 0.3 is 0 Å². The van der Waals surface area contributed by atoms with Crippen LogP contribution in [0, 0.1) is 6.92 Å². The number of hydrogen-bond acceptors (Lipinski definition) is 5. The molecule has 0 heterocycles. The first-order chi connectivity index (χ1) is 13.6. The molecule has 0 aromatic heterocycles. The molecular weight excluding hydrogens is 432 g/mol. The highest BCUT2D eigenvalue weighted by Crippen LogP contribution is 2.31. The summed E-state index contributed by atoms with van der Waals surface area (Å²) in [6, 6.07) is 11.8. The number of nitrogens with zero attached hydrogens (tertiary/aromatic N) is 1. The summed E-state index contributed by atoms with van der Waals surface area (Å²) in [5.41, 5.74) is 1.49. The Labute approximate surface area is 181 Å². The van der Waals surface area contributed by atoms with Crippen LogP contribution in [0.2, 0.25) is 5.02 Å². The largest absolute Gasteiger partial charge is 0.495 e. The maximum Gasteiger partial charge on any atom is 0.243 e. The Hall–Kier alpha value is -1.90. The number of anilines is 1. The van der Waals surface area contributed by atoms with Gasteiger partial charge in [0.1, 0.15) is 11.8 Å². The number of ether oxygens (including phenoxy) is 1. The lowest BCUT2D eigenvalue weighted by Crippen LogP contribution is -2.48. The van der Waals surface area contributed by atoms with Crippen LogP contribution in [0.4, 0.5) is 5.69 Å². The second-order valence-corrected chi connectivity index (χ2v) is 9.94. The molecule has 1 amide bonds. The maximum atomic E-state index is 12.6. The third kappa shape index (κ3) is 6.55. The Bertz CT molecular complexity index is 949.